The molecule has 2 atom stereocenters. The zero-order valence-electron chi connectivity index (χ0n) is 4.32. The molecular formula is CH10N3OP3. The fraction of sp³-hybridized carbons (Fsp3) is 1.00. The summed E-state index contributed by atoms with van der Waals surface area (Å²) < 4.78 is 4.81. The Labute approximate surface area is 53.4 Å². The van der Waals surface area contributed by atoms with E-state index in [0.29, 0.717) is 6.35 Å². The average Bonchev–Trinajstić information content (AvgIpc) is 1.61. The van der Waals surface area contributed by atoms with Crippen LogP contribution in [0.15, 0.2) is 0 Å². The minimum absolute atomic E-state index is 0.471. The summed E-state index contributed by atoms with van der Waals surface area (Å²) in [5, 5.41) is 0. The Morgan fingerprint density at radius 3 is 2.00 bits per heavy atom. The largest absolute Gasteiger partial charge is 0.326 e. The maximum absolute atomic E-state index is 5.34. The topological polar surface area (TPSA) is 87.3 Å². The molecule has 0 radical (unpaired) electrons. The fourth-order valence-corrected chi connectivity index (χ4v) is 1.80. The molecule has 0 aliphatic rings. The van der Waals surface area contributed by atoms with Gasteiger partial charge in [0.15, 0.2) is 8.45 Å². The molecule has 0 fully saturated rings. The van der Waals surface area contributed by atoms with Crippen LogP contribution in [0.2, 0.25) is 0 Å². The van der Waals surface area contributed by atoms with Crippen LogP contribution in [0.1, 0.15) is 0 Å². The minimum atomic E-state index is -1.21. The van der Waals surface area contributed by atoms with E-state index in [4.69, 9.17) is 21.0 Å². The summed E-state index contributed by atoms with van der Waals surface area (Å²) in [5.41, 5.74) is 15.6. The van der Waals surface area contributed by atoms with E-state index < -0.39 is 16.2 Å². The highest BCUT2D eigenvalue weighted by molar-refractivity contribution is 8.12. The van der Waals surface area contributed by atoms with Crippen LogP contribution >= 0.6 is 25.1 Å². The highest BCUT2D eigenvalue weighted by Gasteiger charge is 1.96. The van der Waals surface area contributed by atoms with Crippen LogP contribution in [0.5, 0.6) is 0 Å². The van der Waals surface area contributed by atoms with Gasteiger partial charge >= 0.3 is 0 Å². The Hall–Kier alpha value is 1.13. The zero-order valence-corrected chi connectivity index (χ0v) is 7.26. The Kier molecular flexibility index (Phi) is 5.66. The van der Waals surface area contributed by atoms with Gasteiger partial charge in [-0.1, -0.05) is 8.93 Å². The number of hydrogen-bond donors (Lipinski definition) is 3. The van der Waals surface area contributed by atoms with E-state index in [1.165, 1.54) is 0 Å². The summed E-state index contributed by atoms with van der Waals surface area (Å²) >= 11 is 0. The maximum atomic E-state index is 5.34. The highest BCUT2D eigenvalue weighted by Crippen LogP contribution is 2.37. The van der Waals surface area contributed by atoms with Crippen LogP contribution in [0.3, 0.4) is 0 Å². The first-order valence-electron chi connectivity index (χ1n) is 1.82. The molecular weight excluding hydrogens is 163 g/mol. The highest BCUT2D eigenvalue weighted by atomic mass is 32.0. The van der Waals surface area contributed by atoms with Gasteiger partial charge in [0.25, 0.3) is 0 Å². The molecule has 0 bridgehead atoms. The van der Waals surface area contributed by atoms with E-state index in [2.05, 4.69) is 8.93 Å². The molecule has 0 saturated heterocycles. The van der Waals surface area contributed by atoms with Gasteiger partial charge < -0.3 is 10.0 Å². The van der Waals surface area contributed by atoms with Crippen LogP contribution < -0.4 is 16.5 Å². The van der Waals surface area contributed by atoms with Gasteiger partial charge in [-0.15, -0.1) is 0 Å². The fourth-order valence-electron chi connectivity index (χ4n) is 0.133. The Morgan fingerprint density at radius 2 is 1.88 bits per heavy atom. The van der Waals surface area contributed by atoms with Crippen LogP contribution in [-0.4, -0.2) is 6.35 Å². The predicted octanol–water partition coefficient (Wildman–Crippen LogP) is 0.251. The van der Waals surface area contributed by atoms with Gasteiger partial charge in [-0.25, -0.2) is 0 Å². The Balaban J connectivity index is 2.93. The first-order valence-corrected chi connectivity index (χ1v) is 6.43. The molecule has 50 valence electrons. The van der Waals surface area contributed by atoms with Crippen molar-refractivity contribution in [1.29, 1.82) is 0 Å². The molecule has 0 heterocycles. The van der Waals surface area contributed by atoms with E-state index in [1.807, 2.05) is 0 Å². The standard InChI is InChI=1S/CH10N3OP3/c2-7(6)1-5-8(3)4/h1-4,6H2. The third-order valence-electron chi connectivity index (χ3n) is 0.356. The molecule has 0 amide bonds. The number of rotatable bonds is 3. The van der Waals surface area contributed by atoms with Gasteiger partial charge in [-0.3, -0.25) is 11.0 Å². The van der Waals surface area contributed by atoms with Crippen LogP contribution in [-0.2, 0) is 4.52 Å². The van der Waals surface area contributed by atoms with Crippen molar-refractivity contribution in [2.45, 2.75) is 0 Å². The number of hydrogen-bond acceptors (Lipinski definition) is 4. The lowest BCUT2D eigenvalue weighted by Crippen LogP contribution is -2.03. The Morgan fingerprint density at radius 1 is 1.38 bits per heavy atom. The van der Waals surface area contributed by atoms with Crippen LogP contribution in [0, 0.1) is 0 Å². The second-order valence-electron chi connectivity index (χ2n) is 1.13. The molecule has 8 heavy (non-hydrogen) atoms. The summed E-state index contributed by atoms with van der Waals surface area (Å²) in [4.78, 5) is 0. The third-order valence-corrected chi connectivity index (χ3v) is 1.86. The zero-order chi connectivity index (χ0) is 6.57. The van der Waals surface area contributed by atoms with Crippen molar-refractivity contribution in [1.82, 2.24) is 0 Å². The molecule has 0 aromatic carbocycles. The lowest BCUT2D eigenvalue weighted by molar-refractivity contribution is 0.434. The van der Waals surface area contributed by atoms with Crippen molar-refractivity contribution in [3.8, 4) is 0 Å². The van der Waals surface area contributed by atoms with Crippen LogP contribution in [0.4, 0.5) is 0 Å². The molecule has 4 nitrogen and oxygen atoms in total. The van der Waals surface area contributed by atoms with Gasteiger partial charge in [0.2, 0.25) is 0 Å². The van der Waals surface area contributed by atoms with Crippen LogP contribution in [0.25, 0.3) is 0 Å². The van der Waals surface area contributed by atoms with E-state index in [9.17, 15) is 0 Å². The van der Waals surface area contributed by atoms with Gasteiger partial charge in [-0.2, -0.15) is 0 Å². The number of nitrogens with two attached hydrogens (primary N) is 3. The first-order chi connectivity index (χ1) is 3.63. The van der Waals surface area contributed by atoms with Crippen molar-refractivity contribution in [3.05, 3.63) is 0 Å². The predicted molar refractivity (Wildman–Crippen MR) is 42.1 cm³/mol. The monoisotopic (exact) mass is 173 g/mol. The summed E-state index contributed by atoms with van der Waals surface area (Å²) in [6.07, 6.45) is 0.471. The minimum Gasteiger partial charge on any atom is -0.326 e. The summed E-state index contributed by atoms with van der Waals surface area (Å²) in [6, 6.07) is 0. The quantitative estimate of drug-likeness (QED) is 0.533. The van der Waals surface area contributed by atoms with E-state index in [-0.39, 0.29) is 0 Å². The van der Waals surface area contributed by atoms with Crippen molar-refractivity contribution < 1.29 is 4.52 Å². The van der Waals surface area contributed by atoms with E-state index in [0.717, 1.165) is 0 Å². The maximum Gasteiger partial charge on any atom is 0.176 e. The summed E-state index contributed by atoms with van der Waals surface area (Å²) in [5.74, 6) is 0. The average molecular weight is 173 g/mol. The molecule has 6 N–H and O–H groups in total. The second-order valence-corrected chi connectivity index (χ2v) is 5.39. The molecule has 2 unspecified atom stereocenters. The van der Waals surface area contributed by atoms with Gasteiger partial charge in [0, 0.05) is 7.76 Å². The van der Waals surface area contributed by atoms with E-state index in [1.54, 1.807) is 0 Å². The summed E-state index contributed by atoms with van der Waals surface area (Å²) in [6.45, 7) is 0. The molecule has 0 rings (SSSR count). The van der Waals surface area contributed by atoms with Gasteiger partial charge in [0.05, 0.1) is 6.35 Å². The lowest BCUT2D eigenvalue weighted by Gasteiger charge is -2.07. The van der Waals surface area contributed by atoms with Gasteiger partial charge in [0.1, 0.15) is 0 Å². The van der Waals surface area contributed by atoms with Crippen molar-refractivity contribution >= 4 is 25.1 Å². The van der Waals surface area contributed by atoms with E-state index >= 15 is 0 Å². The second kappa shape index (κ2) is 4.96. The SMILES string of the molecule is NP(P)COP(N)N. The molecule has 0 saturated carbocycles. The van der Waals surface area contributed by atoms with Crippen molar-refractivity contribution in [2.24, 2.45) is 16.5 Å². The third kappa shape index (κ3) is 7.13. The van der Waals surface area contributed by atoms with Gasteiger partial charge in [-0.05, 0) is 0 Å². The summed E-state index contributed by atoms with van der Waals surface area (Å²) in [7, 11) is 0.648. The molecule has 0 spiro atoms. The molecule has 7 heteroatoms. The molecule has 0 aliphatic carbocycles. The smallest absolute Gasteiger partial charge is 0.176 e. The molecule has 0 aromatic rings. The Bertz CT molecular complexity index is 50.5. The first kappa shape index (κ1) is 9.13. The molecule has 0 aliphatic heterocycles. The van der Waals surface area contributed by atoms with Crippen molar-refractivity contribution in [2.75, 3.05) is 6.35 Å². The normalized spacial score (nSPS) is 14.6. The lowest BCUT2D eigenvalue weighted by atomic mass is 11.7. The molecule has 0 aromatic heterocycles. The van der Waals surface area contributed by atoms with Crippen molar-refractivity contribution in [3.63, 3.8) is 0 Å².